The van der Waals surface area contributed by atoms with Crippen LogP contribution in [0.4, 0.5) is 10.0 Å². The lowest BCUT2D eigenvalue weighted by atomic mass is 10.1. The van der Waals surface area contributed by atoms with Crippen LogP contribution in [0, 0.1) is 0 Å². The molecule has 192 valence electrons. The molecule has 8 nitrogen and oxygen atoms in total. The monoisotopic (exact) mass is 538 g/mol. The van der Waals surface area contributed by atoms with E-state index in [0.29, 0.717) is 21.1 Å². The highest BCUT2D eigenvalue weighted by atomic mass is 32.1. The molecule has 0 bridgehead atoms. The maximum absolute atomic E-state index is 12.6. The lowest BCUT2D eigenvalue weighted by Crippen LogP contribution is -2.16. The van der Waals surface area contributed by atoms with Crippen molar-refractivity contribution < 1.29 is 28.7 Å². The van der Waals surface area contributed by atoms with Gasteiger partial charge in [0.25, 0.3) is 0 Å². The van der Waals surface area contributed by atoms with E-state index in [1.807, 2.05) is 48.5 Å². The van der Waals surface area contributed by atoms with E-state index >= 15 is 0 Å². The Kier molecular flexibility index (Phi) is 8.52. The van der Waals surface area contributed by atoms with Crippen molar-refractivity contribution in [2.45, 2.75) is 33.1 Å². The maximum atomic E-state index is 12.6. The number of amides is 2. The highest BCUT2D eigenvalue weighted by molar-refractivity contribution is 7.24. The van der Waals surface area contributed by atoms with Gasteiger partial charge in [0.2, 0.25) is 11.8 Å². The second kappa shape index (κ2) is 12.0. The Labute approximate surface area is 221 Å². The number of anilines is 2. The third kappa shape index (κ3) is 5.98. The Bertz CT molecular complexity index is 1360. The smallest absolute Gasteiger partial charge is 0.341 e. The van der Waals surface area contributed by atoms with Crippen molar-refractivity contribution >= 4 is 76.6 Å². The largest absolute Gasteiger partial charge is 0.462 e. The number of rotatable bonds is 10. The van der Waals surface area contributed by atoms with E-state index in [1.54, 1.807) is 13.8 Å². The van der Waals surface area contributed by atoms with Gasteiger partial charge in [-0.3, -0.25) is 9.59 Å². The van der Waals surface area contributed by atoms with Crippen molar-refractivity contribution in [3.63, 3.8) is 0 Å². The molecule has 0 fully saturated rings. The van der Waals surface area contributed by atoms with Crippen molar-refractivity contribution in [2.75, 3.05) is 23.8 Å². The molecule has 4 rings (SSSR count). The SMILES string of the molecule is CCOC(=O)c1c(NC(=O)CCCC(=O)Nc2sc3ccccc3c2C(=O)OCC)sc2ccccc12. The first-order chi connectivity index (χ1) is 17.9. The van der Waals surface area contributed by atoms with E-state index in [2.05, 4.69) is 10.6 Å². The van der Waals surface area contributed by atoms with Gasteiger partial charge in [0.15, 0.2) is 0 Å². The van der Waals surface area contributed by atoms with Crippen LogP contribution in [0.3, 0.4) is 0 Å². The number of hydrogen-bond acceptors (Lipinski definition) is 8. The normalized spacial score (nSPS) is 10.9. The minimum absolute atomic E-state index is 0.0844. The molecule has 0 atom stereocenters. The number of hydrogen-bond donors (Lipinski definition) is 2. The van der Waals surface area contributed by atoms with E-state index in [1.165, 1.54) is 22.7 Å². The molecule has 2 heterocycles. The second-order valence-corrected chi connectivity index (χ2v) is 10.1. The number of thiophene rings is 2. The summed E-state index contributed by atoms with van der Waals surface area (Å²) in [7, 11) is 0. The van der Waals surface area contributed by atoms with Gasteiger partial charge in [0.1, 0.15) is 21.1 Å². The highest BCUT2D eigenvalue weighted by Crippen LogP contribution is 2.37. The molecule has 37 heavy (non-hydrogen) atoms. The molecule has 0 aliphatic heterocycles. The molecular formula is C27H26N2O6S2. The van der Waals surface area contributed by atoms with Gasteiger partial charge in [-0.05, 0) is 32.4 Å². The zero-order valence-electron chi connectivity index (χ0n) is 20.4. The molecule has 2 amide bonds. The molecule has 0 saturated heterocycles. The predicted molar refractivity (Wildman–Crippen MR) is 147 cm³/mol. The zero-order valence-corrected chi connectivity index (χ0v) is 22.1. The summed E-state index contributed by atoms with van der Waals surface area (Å²) in [5.74, 6) is -1.59. The van der Waals surface area contributed by atoms with Gasteiger partial charge in [0.05, 0.1) is 13.2 Å². The number of fused-ring (bicyclic) bond motifs is 2. The summed E-state index contributed by atoms with van der Waals surface area (Å²) in [6, 6.07) is 14.8. The number of carbonyl (C=O) groups is 4. The van der Waals surface area contributed by atoms with Crippen LogP contribution in [0.1, 0.15) is 53.8 Å². The van der Waals surface area contributed by atoms with Gasteiger partial charge in [-0.1, -0.05) is 36.4 Å². The average Bonchev–Trinajstić information content (AvgIpc) is 3.41. The Balaban J connectivity index is 1.39. The summed E-state index contributed by atoms with van der Waals surface area (Å²) in [6.07, 6.45) is 0.457. The minimum atomic E-state index is -0.490. The second-order valence-electron chi connectivity index (χ2n) is 8.00. The quantitative estimate of drug-likeness (QED) is 0.232. The molecular weight excluding hydrogens is 512 g/mol. The van der Waals surface area contributed by atoms with E-state index in [4.69, 9.17) is 9.47 Å². The molecule has 2 aromatic heterocycles. The van der Waals surface area contributed by atoms with Crippen LogP contribution in [0.15, 0.2) is 48.5 Å². The average molecular weight is 539 g/mol. The van der Waals surface area contributed by atoms with Gasteiger partial charge in [-0.15, -0.1) is 22.7 Å². The fourth-order valence-electron chi connectivity index (χ4n) is 3.87. The van der Waals surface area contributed by atoms with Crippen LogP contribution in [0.2, 0.25) is 0 Å². The van der Waals surface area contributed by atoms with Gasteiger partial charge in [-0.25, -0.2) is 9.59 Å². The third-order valence-electron chi connectivity index (χ3n) is 5.46. The van der Waals surface area contributed by atoms with Gasteiger partial charge >= 0.3 is 11.9 Å². The third-order valence-corrected chi connectivity index (χ3v) is 7.64. The summed E-state index contributed by atoms with van der Waals surface area (Å²) in [5, 5.41) is 7.92. The van der Waals surface area contributed by atoms with E-state index in [-0.39, 0.29) is 44.3 Å². The fraction of sp³-hybridized carbons (Fsp3) is 0.259. The minimum Gasteiger partial charge on any atom is -0.462 e. The van der Waals surface area contributed by atoms with E-state index < -0.39 is 11.9 Å². The van der Waals surface area contributed by atoms with Crippen molar-refractivity contribution in [3.05, 3.63) is 59.7 Å². The molecule has 0 saturated carbocycles. The molecule has 0 unspecified atom stereocenters. The molecule has 2 N–H and O–H groups in total. The molecule has 0 aliphatic carbocycles. The topological polar surface area (TPSA) is 111 Å². The summed E-state index contributed by atoms with van der Waals surface area (Å²) in [5.41, 5.74) is 0.676. The Morgan fingerprint density at radius 2 is 1.08 bits per heavy atom. The van der Waals surface area contributed by atoms with Crippen LogP contribution in [0.5, 0.6) is 0 Å². The number of ether oxygens (including phenoxy) is 2. The Morgan fingerprint density at radius 1 is 0.676 bits per heavy atom. The predicted octanol–water partition coefficient (Wildman–Crippen LogP) is 6.22. The molecule has 0 aliphatic rings. The highest BCUT2D eigenvalue weighted by Gasteiger charge is 2.23. The van der Waals surface area contributed by atoms with Crippen molar-refractivity contribution in [3.8, 4) is 0 Å². The van der Waals surface area contributed by atoms with Crippen LogP contribution in [0.25, 0.3) is 20.2 Å². The maximum Gasteiger partial charge on any atom is 0.341 e. The number of carbonyl (C=O) groups excluding carboxylic acids is 4. The van der Waals surface area contributed by atoms with Gasteiger partial charge in [-0.2, -0.15) is 0 Å². The Hall–Kier alpha value is -3.76. The van der Waals surface area contributed by atoms with Crippen molar-refractivity contribution in [1.29, 1.82) is 0 Å². The fourth-order valence-corrected chi connectivity index (χ4v) is 6.08. The summed E-state index contributed by atoms with van der Waals surface area (Å²) < 4.78 is 12.1. The standard InChI is InChI=1S/C27H26N2O6S2/c1-3-34-26(32)22-16-10-5-7-12-18(16)36-24(22)28-20(30)14-9-15-21(31)29-25-23(27(33)35-4-2)17-11-6-8-13-19(17)37-25/h5-8,10-13H,3-4,9,14-15H2,1-2H3,(H,28,30)(H,29,31). The lowest BCUT2D eigenvalue weighted by Gasteiger charge is -2.08. The number of nitrogens with one attached hydrogen (secondary N) is 2. The van der Waals surface area contributed by atoms with Crippen molar-refractivity contribution in [1.82, 2.24) is 0 Å². The summed E-state index contributed by atoms with van der Waals surface area (Å²) in [4.78, 5) is 50.4. The first kappa shape index (κ1) is 26.3. The van der Waals surface area contributed by atoms with Gasteiger partial charge in [0, 0.05) is 33.0 Å². The van der Waals surface area contributed by atoms with Crippen LogP contribution in [-0.4, -0.2) is 37.0 Å². The number of esters is 2. The van der Waals surface area contributed by atoms with E-state index in [0.717, 1.165) is 20.2 Å². The van der Waals surface area contributed by atoms with Crippen LogP contribution >= 0.6 is 22.7 Å². The molecule has 10 heteroatoms. The van der Waals surface area contributed by atoms with Crippen LogP contribution < -0.4 is 10.6 Å². The summed E-state index contributed by atoms with van der Waals surface area (Å²) >= 11 is 2.61. The van der Waals surface area contributed by atoms with Gasteiger partial charge < -0.3 is 20.1 Å². The molecule has 4 aromatic rings. The van der Waals surface area contributed by atoms with Crippen molar-refractivity contribution in [2.24, 2.45) is 0 Å². The summed E-state index contributed by atoms with van der Waals surface area (Å²) in [6.45, 7) is 3.90. The first-order valence-corrected chi connectivity index (χ1v) is 13.5. The molecule has 2 aromatic carbocycles. The zero-order chi connectivity index (χ0) is 26.4. The van der Waals surface area contributed by atoms with E-state index in [9.17, 15) is 19.2 Å². The number of benzene rings is 2. The molecule has 0 spiro atoms. The van der Waals surface area contributed by atoms with Crippen LogP contribution in [-0.2, 0) is 19.1 Å². The first-order valence-electron chi connectivity index (χ1n) is 11.9. The Morgan fingerprint density at radius 3 is 1.49 bits per heavy atom. The molecule has 0 radical (unpaired) electrons. The lowest BCUT2D eigenvalue weighted by molar-refractivity contribution is -0.117.